The first-order valence-electron chi connectivity index (χ1n) is 19.5. The molecule has 0 saturated carbocycles. The summed E-state index contributed by atoms with van der Waals surface area (Å²) in [4.78, 5) is 22.9. The molecular formula is C38H78N4O. The van der Waals surface area contributed by atoms with E-state index in [2.05, 4.69) is 47.4 Å². The first kappa shape index (κ1) is 40.4. The van der Waals surface area contributed by atoms with Gasteiger partial charge in [0.25, 0.3) is 0 Å². The molecule has 256 valence electrons. The van der Waals surface area contributed by atoms with Crippen LogP contribution in [-0.4, -0.2) is 98.0 Å². The summed E-state index contributed by atoms with van der Waals surface area (Å²) in [6, 6.07) is 0. The number of rotatable bonds is 31. The zero-order valence-electron chi connectivity index (χ0n) is 30.0. The van der Waals surface area contributed by atoms with E-state index in [0.29, 0.717) is 12.3 Å². The topological polar surface area (TPSA) is 30.0 Å². The molecule has 43 heavy (non-hydrogen) atoms. The van der Waals surface area contributed by atoms with Gasteiger partial charge in [0.15, 0.2) is 0 Å². The van der Waals surface area contributed by atoms with E-state index in [0.717, 1.165) is 39.3 Å². The normalized spacial score (nSPS) is 14.4. The van der Waals surface area contributed by atoms with Crippen LogP contribution in [0.3, 0.4) is 0 Å². The standard InChI is InChI=1S/C38H78N4O/c1-5-8-11-14-17-20-23-28-40(29-24-21-18-15-12-9-6-2)31-26-32-41(30-25-22-19-16-13-10-7-3)33-27-38(43)42-36-34-39(4)35-37-42/h5-37H2,1-4H3. The van der Waals surface area contributed by atoms with Crippen LogP contribution in [0, 0.1) is 0 Å². The highest BCUT2D eigenvalue weighted by molar-refractivity contribution is 5.76. The van der Waals surface area contributed by atoms with Crippen molar-refractivity contribution >= 4 is 5.91 Å². The Hall–Kier alpha value is -0.650. The van der Waals surface area contributed by atoms with Gasteiger partial charge >= 0.3 is 0 Å². The van der Waals surface area contributed by atoms with Crippen LogP contribution in [0.2, 0.25) is 0 Å². The third-order valence-corrected chi connectivity index (χ3v) is 9.68. The lowest BCUT2D eigenvalue weighted by atomic mass is 10.1. The molecule has 0 spiro atoms. The van der Waals surface area contributed by atoms with Crippen LogP contribution in [0.25, 0.3) is 0 Å². The molecule has 1 rings (SSSR count). The van der Waals surface area contributed by atoms with Gasteiger partial charge in [-0.1, -0.05) is 136 Å². The second-order valence-electron chi connectivity index (χ2n) is 13.8. The Labute approximate surface area is 270 Å². The van der Waals surface area contributed by atoms with Gasteiger partial charge in [-0.05, 0) is 65.5 Å². The molecule has 0 atom stereocenters. The van der Waals surface area contributed by atoms with Gasteiger partial charge in [0.1, 0.15) is 0 Å². The number of piperazine rings is 1. The summed E-state index contributed by atoms with van der Waals surface area (Å²) >= 11 is 0. The number of nitrogens with zero attached hydrogens (tertiary/aromatic N) is 4. The summed E-state index contributed by atoms with van der Waals surface area (Å²) in [5.74, 6) is 0.372. The minimum absolute atomic E-state index is 0.372. The van der Waals surface area contributed by atoms with Crippen molar-refractivity contribution in [1.29, 1.82) is 0 Å². The summed E-state index contributed by atoms with van der Waals surface area (Å²) in [6.45, 7) is 17.8. The van der Waals surface area contributed by atoms with E-state index in [-0.39, 0.29) is 0 Å². The molecule has 5 nitrogen and oxygen atoms in total. The molecule has 1 aliphatic rings. The molecule has 0 unspecified atom stereocenters. The summed E-state index contributed by atoms with van der Waals surface area (Å²) in [7, 11) is 2.16. The fourth-order valence-electron chi connectivity index (χ4n) is 6.53. The number of unbranched alkanes of at least 4 members (excludes halogenated alkanes) is 18. The van der Waals surface area contributed by atoms with Gasteiger partial charge in [0, 0.05) is 39.1 Å². The predicted molar refractivity (Wildman–Crippen MR) is 190 cm³/mol. The van der Waals surface area contributed by atoms with Gasteiger partial charge in [-0.25, -0.2) is 0 Å². The quantitative estimate of drug-likeness (QED) is 0.0736. The molecule has 1 aliphatic heterocycles. The maximum absolute atomic E-state index is 13.0. The van der Waals surface area contributed by atoms with Crippen LogP contribution in [0.1, 0.15) is 168 Å². The molecular weight excluding hydrogens is 528 g/mol. The average molecular weight is 607 g/mol. The molecule has 0 radical (unpaired) electrons. The van der Waals surface area contributed by atoms with Crippen molar-refractivity contribution in [2.45, 2.75) is 168 Å². The fourth-order valence-corrected chi connectivity index (χ4v) is 6.53. The molecule has 0 aromatic carbocycles. The predicted octanol–water partition coefficient (Wildman–Crippen LogP) is 9.40. The molecule has 0 N–H and O–H groups in total. The lowest BCUT2D eigenvalue weighted by Gasteiger charge is -2.33. The third kappa shape index (κ3) is 24.3. The summed E-state index contributed by atoms with van der Waals surface area (Å²) in [6.07, 6.45) is 31.0. The zero-order valence-corrected chi connectivity index (χ0v) is 30.0. The van der Waals surface area contributed by atoms with Crippen molar-refractivity contribution in [3.63, 3.8) is 0 Å². The third-order valence-electron chi connectivity index (χ3n) is 9.68. The number of likely N-dealkylation sites (N-methyl/N-ethyl adjacent to an activating group) is 1. The van der Waals surface area contributed by atoms with Gasteiger partial charge in [-0.2, -0.15) is 0 Å². The Balaban J connectivity index is 2.50. The smallest absolute Gasteiger partial charge is 0.223 e. The molecule has 1 amide bonds. The van der Waals surface area contributed by atoms with Crippen molar-refractivity contribution in [3.8, 4) is 0 Å². The van der Waals surface area contributed by atoms with Crippen molar-refractivity contribution in [1.82, 2.24) is 19.6 Å². The highest BCUT2D eigenvalue weighted by Crippen LogP contribution is 2.12. The first-order valence-corrected chi connectivity index (χ1v) is 19.5. The van der Waals surface area contributed by atoms with Gasteiger partial charge < -0.3 is 19.6 Å². The summed E-state index contributed by atoms with van der Waals surface area (Å²) in [5, 5.41) is 0. The van der Waals surface area contributed by atoms with E-state index >= 15 is 0 Å². The lowest BCUT2D eigenvalue weighted by molar-refractivity contribution is -0.133. The van der Waals surface area contributed by atoms with Crippen LogP contribution < -0.4 is 0 Å². The van der Waals surface area contributed by atoms with Crippen LogP contribution in [0.4, 0.5) is 0 Å². The fraction of sp³-hybridized carbons (Fsp3) is 0.974. The molecule has 0 aromatic heterocycles. The monoisotopic (exact) mass is 607 g/mol. The number of carbonyl (C=O) groups is 1. The van der Waals surface area contributed by atoms with Crippen LogP contribution in [0.15, 0.2) is 0 Å². The van der Waals surface area contributed by atoms with Crippen molar-refractivity contribution in [3.05, 3.63) is 0 Å². The van der Waals surface area contributed by atoms with Crippen LogP contribution in [-0.2, 0) is 4.79 Å². The molecule has 1 heterocycles. The minimum atomic E-state index is 0.372. The van der Waals surface area contributed by atoms with E-state index in [9.17, 15) is 4.79 Å². The SMILES string of the molecule is CCCCCCCCCN(CCCCCCCCC)CCCN(CCCCCCCCC)CCC(=O)N1CCN(C)CC1. The van der Waals surface area contributed by atoms with Gasteiger partial charge in [-0.3, -0.25) is 4.79 Å². The zero-order chi connectivity index (χ0) is 31.2. The number of hydrogen-bond acceptors (Lipinski definition) is 4. The molecule has 1 fully saturated rings. The van der Waals surface area contributed by atoms with E-state index in [4.69, 9.17) is 0 Å². The highest BCUT2D eigenvalue weighted by atomic mass is 16.2. The maximum atomic E-state index is 13.0. The highest BCUT2D eigenvalue weighted by Gasteiger charge is 2.19. The van der Waals surface area contributed by atoms with Crippen LogP contribution >= 0.6 is 0 Å². The van der Waals surface area contributed by atoms with Crippen molar-refractivity contribution < 1.29 is 4.79 Å². The Morgan fingerprint density at radius 1 is 0.442 bits per heavy atom. The Morgan fingerprint density at radius 3 is 1.16 bits per heavy atom. The van der Waals surface area contributed by atoms with E-state index in [1.54, 1.807) is 0 Å². The van der Waals surface area contributed by atoms with E-state index in [1.165, 1.54) is 167 Å². The van der Waals surface area contributed by atoms with Gasteiger partial charge in [0.2, 0.25) is 5.91 Å². The largest absolute Gasteiger partial charge is 0.340 e. The Kier molecular flexibility index (Phi) is 28.2. The second-order valence-corrected chi connectivity index (χ2v) is 13.8. The molecule has 1 saturated heterocycles. The van der Waals surface area contributed by atoms with Crippen LogP contribution in [0.5, 0.6) is 0 Å². The number of carbonyl (C=O) groups excluding carboxylic acids is 1. The van der Waals surface area contributed by atoms with Gasteiger partial charge in [-0.15, -0.1) is 0 Å². The second kappa shape index (κ2) is 30.0. The molecule has 0 aromatic rings. The van der Waals surface area contributed by atoms with E-state index in [1.807, 2.05) is 0 Å². The van der Waals surface area contributed by atoms with Gasteiger partial charge in [0.05, 0.1) is 0 Å². The van der Waals surface area contributed by atoms with Crippen molar-refractivity contribution in [2.75, 3.05) is 72.5 Å². The molecule has 5 heteroatoms. The minimum Gasteiger partial charge on any atom is -0.340 e. The molecule has 0 bridgehead atoms. The van der Waals surface area contributed by atoms with Crippen molar-refractivity contribution in [2.24, 2.45) is 0 Å². The van der Waals surface area contributed by atoms with E-state index < -0.39 is 0 Å². The first-order chi connectivity index (χ1) is 21.1. The number of amides is 1. The lowest BCUT2D eigenvalue weighted by Crippen LogP contribution is -2.47. The average Bonchev–Trinajstić information content (AvgIpc) is 3.01. The summed E-state index contributed by atoms with van der Waals surface area (Å²) in [5.41, 5.74) is 0. The number of hydrogen-bond donors (Lipinski definition) is 0. The molecule has 0 aliphatic carbocycles. The Morgan fingerprint density at radius 2 is 0.767 bits per heavy atom. The Bertz CT molecular complexity index is 574. The summed E-state index contributed by atoms with van der Waals surface area (Å²) < 4.78 is 0. The maximum Gasteiger partial charge on any atom is 0.223 e.